The van der Waals surface area contributed by atoms with Crippen molar-refractivity contribution in [3.05, 3.63) is 65.4 Å². The van der Waals surface area contributed by atoms with E-state index in [9.17, 15) is 0 Å². The maximum absolute atomic E-state index is 5.12. The summed E-state index contributed by atoms with van der Waals surface area (Å²) in [4.78, 5) is 14.6. The Morgan fingerprint density at radius 1 is 0.867 bits per heavy atom. The monoisotopic (exact) mass is 400 g/mol. The van der Waals surface area contributed by atoms with Crippen molar-refractivity contribution in [3.63, 3.8) is 0 Å². The number of benzene rings is 2. The normalized spacial score (nSPS) is 16.0. The minimum Gasteiger partial charge on any atom is -0.337 e. The molecule has 156 valence electrons. The van der Waals surface area contributed by atoms with Gasteiger partial charge in [-0.15, -0.1) is 0 Å². The molecular formula is C26H32N4. The van der Waals surface area contributed by atoms with Crippen LogP contribution in [0.15, 0.2) is 48.7 Å². The quantitative estimate of drug-likeness (QED) is 0.492. The topological polar surface area (TPSA) is 32.3 Å². The first-order chi connectivity index (χ1) is 14.3. The van der Waals surface area contributed by atoms with Crippen LogP contribution in [-0.2, 0) is 0 Å². The smallest absolute Gasteiger partial charge is 0.162 e. The van der Waals surface area contributed by atoms with Crippen LogP contribution < -0.4 is 9.80 Å². The van der Waals surface area contributed by atoms with Gasteiger partial charge < -0.3 is 9.80 Å². The van der Waals surface area contributed by atoms with Gasteiger partial charge in [-0.05, 0) is 48.4 Å². The fourth-order valence-electron chi connectivity index (χ4n) is 4.44. The summed E-state index contributed by atoms with van der Waals surface area (Å²) in [6, 6.07) is 15.1. The van der Waals surface area contributed by atoms with E-state index in [0.717, 1.165) is 17.3 Å². The van der Waals surface area contributed by atoms with Gasteiger partial charge >= 0.3 is 0 Å². The number of rotatable bonds is 4. The average Bonchev–Trinajstić information content (AvgIpc) is 2.97. The van der Waals surface area contributed by atoms with E-state index in [1.165, 1.54) is 27.9 Å². The first kappa shape index (κ1) is 20.4. The SMILES string of the molecule is Cc1ccccc1N1c2cnc(-c3c(C(C)C)cccc3C(C)C)nc2N(C)C1C. The minimum absolute atomic E-state index is 0.176. The third kappa shape index (κ3) is 3.24. The Labute approximate surface area is 180 Å². The summed E-state index contributed by atoms with van der Waals surface area (Å²) < 4.78 is 0. The summed E-state index contributed by atoms with van der Waals surface area (Å²) in [5.41, 5.74) is 7.34. The van der Waals surface area contributed by atoms with Crippen LogP contribution in [0.4, 0.5) is 17.2 Å². The highest BCUT2D eigenvalue weighted by molar-refractivity contribution is 5.83. The number of fused-ring (bicyclic) bond motifs is 1. The molecule has 0 N–H and O–H groups in total. The van der Waals surface area contributed by atoms with Crippen molar-refractivity contribution < 1.29 is 0 Å². The molecule has 2 heterocycles. The van der Waals surface area contributed by atoms with Crippen LogP contribution in [0.3, 0.4) is 0 Å². The predicted molar refractivity (Wildman–Crippen MR) is 127 cm³/mol. The van der Waals surface area contributed by atoms with E-state index in [1.807, 2.05) is 6.20 Å². The molecule has 1 unspecified atom stereocenters. The van der Waals surface area contributed by atoms with Crippen molar-refractivity contribution in [1.82, 2.24) is 9.97 Å². The maximum Gasteiger partial charge on any atom is 0.162 e. The van der Waals surface area contributed by atoms with Gasteiger partial charge in [0.05, 0.1) is 6.20 Å². The molecule has 4 nitrogen and oxygen atoms in total. The molecule has 1 aliphatic heterocycles. The highest BCUT2D eigenvalue weighted by atomic mass is 15.4. The van der Waals surface area contributed by atoms with E-state index < -0.39 is 0 Å². The van der Waals surface area contributed by atoms with Crippen molar-refractivity contribution in [3.8, 4) is 11.4 Å². The van der Waals surface area contributed by atoms with E-state index in [4.69, 9.17) is 9.97 Å². The molecule has 4 heteroatoms. The molecule has 1 aromatic heterocycles. The summed E-state index contributed by atoms with van der Waals surface area (Å²) in [7, 11) is 2.12. The van der Waals surface area contributed by atoms with E-state index in [2.05, 4.69) is 101 Å². The van der Waals surface area contributed by atoms with Crippen LogP contribution in [0.25, 0.3) is 11.4 Å². The van der Waals surface area contributed by atoms with E-state index in [-0.39, 0.29) is 6.17 Å². The lowest BCUT2D eigenvalue weighted by Gasteiger charge is -2.28. The summed E-state index contributed by atoms with van der Waals surface area (Å²) in [5.74, 6) is 2.64. The van der Waals surface area contributed by atoms with Gasteiger partial charge in [0.2, 0.25) is 0 Å². The molecule has 1 aliphatic rings. The Bertz CT molecular complexity index is 1040. The molecule has 2 aromatic carbocycles. The Morgan fingerprint density at radius 3 is 2.10 bits per heavy atom. The van der Waals surface area contributed by atoms with Gasteiger partial charge in [0.15, 0.2) is 11.6 Å². The molecular weight excluding hydrogens is 368 g/mol. The molecule has 4 rings (SSSR count). The van der Waals surface area contributed by atoms with Crippen molar-refractivity contribution in [1.29, 1.82) is 0 Å². The zero-order chi connectivity index (χ0) is 21.6. The standard InChI is InChI=1S/C26H32N4/c1-16(2)20-12-10-13-21(17(3)4)24(20)25-27-15-23-26(28-25)29(7)19(6)30(23)22-14-9-8-11-18(22)5/h8-17,19H,1-7H3. The molecule has 0 spiro atoms. The van der Waals surface area contributed by atoms with Crippen molar-refractivity contribution in [2.75, 3.05) is 16.8 Å². The molecule has 0 saturated carbocycles. The number of anilines is 3. The molecule has 0 amide bonds. The summed E-state index contributed by atoms with van der Waals surface area (Å²) >= 11 is 0. The Morgan fingerprint density at radius 2 is 1.50 bits per heavy atom. The second kappa shape index (κ2) is 7.75. The van der Waals surface area contributed by atoms with E-state index in [1.54, 1.807) is 0 Å². The van der Waals surface area contributed by atoms with Gasteiger partial charge in [-0.25, -0.2) is 9.97 Å². The number of aryl methyl sites for hydroxylation is 1. The zero-order valence-electron chi connectivity index (χ0n) is 19.1. The summed E-state index contributed by atoms with van der Waals surface area (Å²) in [6.07, 6.45) is 2.18. The van der Waals surface area contributed by atoms with E-state index >= 15 is 0 Å². The third-order valence-electron chi connectivity index (χ3n) is 6.25. The molecule has 1 atom stereocenters. The fraction of sp³-hybridized carbons (Fsp3) is 0.385. The second-order valence-corrected chi connectivity index (χ2v) is 8.92. The lowest BCUT2D eigenvalue weighted by atomic mass is 9.88. The van der Waals surface area contributed by atoms with Crippen LogP contribution in [-0.4, -0.2) is 23.2 Å². The second-order valence-electron chi connectivity index (χ2n) is 8.92. The molecule has 3 aromatic rings. The molecule has 0 aliphatic carbocycles. The van der Waals surface area contributed by atoms with Crippen LogP contribution >= 0.6 is 0 Å². The highest BCUT2D eigenvalue weighted by Gasteiger charge is 2.34. The van der Waals surface area contributed by atoms with Crippen LogP contribution in [0.1, 0.15) is 63.1 Å². The van der Waals surface area contributed by atoms with E-state index in [0.29, 0.717) is 11.8 Å². The summed E-state index contributed by atoms with van der Waals surface area (Å²) in [6.45, 7) is 13.3. The van der Waals surface area contributed by atoms with Crippen LogP contribution in [0.5, 0.6) is 0 Å². The number of para-hydroxylation sites is 1. The Balaban J connectivity index is 1.89. The summed E-state index contributed by atoms with van der Waals surface area (Å²) in [5, 5.41) is 0. The third-order valence-corrected chi connectivity index (χ3v) is 6.25. The van der Waals surface area contributed by atoms with Crippen molar-refractivity contribution in [2.24, 2.45) is 0 Å². The van der Waals surface area contributed by atoms with Gasteiger partial charge in [-0.2, -0.15) is 0 Å². The highest BCUT2D eigenvalue weighted by Crippen LogP contribution is 2.44. The number of aromatic nitrogens is 2. The lowest BCUT2D eigenvalue weighted by molar-refractivity contribution is 0.728. The fourth-order valence-corrected chi connectivity index (χ4v) is 4.44. The van der Waals surface area contributed by atoms with Gasteiger partial charge in [0.1, 0.15) is 11.9 Å². The largest absolute Gasteiger partial charge is 0.337 e. The van der Waals surface area contributed by atoms with Gasteiger partial charge in [0.25, 0.3) is 0 Å². The van der Waals surface area contributed by atoms with Gasteiger partial charge in [0, 0.05) is 18.3 Å². The molecule has 0 saturated heterocycles. The number of hydrogen-bond donors (Lipinski definition) is 0. The minimum atomic E-state index is 0.176. The predicted octanol–water partition coefficient (Wildman–Crippen LogP) is 6.63. The van der Waals surface area contributed by atoms with Crippen LogP contribution in [0, 0.1) is 6.92 Å². The molecule has 30 heavy (non-hydrogen) atoms. The van der Waals surface area contributed by atoms with Gasteiger partial charge in [-0.1, -0.05) is 64.1 Å². The van der Waals surface area contributed by atoms with Gasteiger partial charge in [-0.3, -0.25) is 0 Å². The zero-order valence-corrected chi connectivity index (χ0v) is 19.1. The first-order valence-electron chi connectivity index (χ1n) is 10.9. The van der Waals surface area contributed by atoms with Crippen molar-refractivity contribution >= 4 is 17.2 Å². The molecule has 0 fully saturated rings. The maximum atomic E-state index is 5.12. The molecule has 0 radical (unpaired) electrons. The first-order valence-corrected chi connectivity index (χ1v) is 10.9. The number of hydrogen-bond acceptors (Lipinski definition) is 4. The number of nitrogens with zero attached hydrogens (tertiary/aromatic N) is 4. The Kier molecular flexibility index (Phi) is 5.27. The van der Waals surface area contributed by atoms with Crippen LogP contribution in [0.2, 0.25) is 0 Å². The Hall–Kier alpha value is -2.88. The average molecular weight is 401 g/mol. The lowest BCUT2D eigenvalue weighted by Crippen LogP contribution is -2.36. The van der Waals surface area contributed by atoms with Crippen molar-refractivity contribution in [2.45, 2.75) is 59.5 Å². The molecule has 0 bridgehead atoms.